The molecule has 0 radical (unpaired) electrons. The lowest BCUT2D eigenvalue weighted by Crippen LogP contribution is -2.50. The molecule has 326 valence electrons. The highest BCUT2D eigenvalue weighted by atomic mass is 16.6. The summed E-state index contributed by atoms with van der Waals surface area (Å²) in [6, 6.07) is -0.627. The van der Waals surface area contributed by atoms with Crippen LogP contribution in [0.5, 0.6) is 0 Å². The quantitative estimate of drug-likeness (QED) is 0.0286. The van der Waals surface area contributed by atoms with Crippen molar-refractivity contribution in [1.82, 2.24) is 0 Å². The fourth-order valence-electron chi connectivity index (χ4n) is 6.12. The predicted octanol–water partition coefficient (Wildman–Crippen LogP) is 12.4. The lowest BCUT2D eigenvalue weighted by atomic mass is 10.1. The Bertz CT molecular complexity index is 1160. The van der Waals surface area contributed by atoms with Crippen molar-refractivity contribution in [2.24, 2.45) is 0 Å². The van der Waals surface area contributed by atoms with E-state index < -0.39 is 18.1 Å². The summed E-state index contributed by atoms with van der Waals surface area (Å²) >= 11 is 0. The van der Waals surface area contributed by atoms with Crippen LogP contribution in [0.1, 0.15) is 168 Å². The van der Waals surface area contributed by atoms with Gasteiger partial charge in [0.25, 0.3) is 0 Å². The van der Waals surface area contributed by atoms with Gasteiger partial charge in [-0.05, 0) is 77.0 Å². The van der Waals surface area contributed by atoms with Gasteiger partial charge in [0.1, 0.15) is 6.61 Å². The van der Waals surface area contributed by atoms with Crippen LogP contribution < -0.4 is 0 Å². The van der Waals surface area contributed by atoms with Gasteiger partial charge in [-0.15, -0.1) is 0 Å². The lowest BCUT2D eigenvalue weighted by molar-refractivity contribution is -0.887. The number of allylic oxidation sites excluding steroid dienone is 12. The molecule has 0 aromatic heterocycles. The highest BCUT2D eigenvalue weighted by Crippen LogP contribution is 2.13. The minimum atomic E-state index is -0.886. The minimum Gasteiger partial charge on any atom is -0.477 e. The molecule has 1 N–H and O–H groups in total. The Morgan fingerprint density at radius 3 is 1.53 bits per heavy atom. The summed E-state index contributed by atoms with van der Waals surface area (Å²) in [5.41, 5.74) is 0. The van der Waals surface area contributed by atoms with Crippen LogP contribution >= 0.6 is 0 Å². The summed E-state index contributed by atoms with van der Waals surface area (Å²) in [4.78, 5) is 37.0. The van der Waals surface area contributed by atoms with Crippen LogP contribution in [0.4, 0.5) is 0 Å². The van der Waals surface area contributed by atoms with Gasteiger partial charge in [0.05, 0.1) is 34.4 Å². The molecule has 0 rings (SSSR count). The number of carboxylic acid groups (broad SMARTS) is 1. The summed E-state index contributed by atoms with van der Waals surface area (Å²) < 4.78 is 17.2. The van der Waals surface area contributed by atoms with Gasteiger partial charge in [-0.2, -0.15) is 0 Å². The number of unbranched alkanes of at least 4 members (excludes halogenated alkanes) is 13. The average Bonchev–Trinajstić information content (AvgIpc) is 3.17. The molecular formula is C49H84NO7+. The number of nitrogens with zero attached hydrogens (tertiary/aromatic N) is 1. The first-order valence-corrected chi connectivity index (χ1v) is 22.5. The third kappa shape index (κ3) is 38.1. The van der Waals surface area contributed by atoms with Crippen LogP contribution in [0.25, 0.3) is 0 Å². The molecule has 57 heavy (non-hydrogen) atoms. The fraction of sp³-hybridized carbons (Fsp3) is 0.694. The molecule has 0 aromatic rings. The second kappa shape index (κ2) is 39.6. The molecule has 2 atom stereocenters. The van der Waals surface area contributed by atoms with E-state index in [0.717, 1.165) is 70.6 Å². The van der Waals surface area contributed by atoms with E-state index in [1.165, 1.54) is 57.8 Å². The van der Waals surface area contributed by atoms with Crippen molar-refractivity contribution >= 4 is 17.9 Å². The first-order valence-electron chi connectivity index (χ1n) is 22.5. The number of aliphatic carboxylic acids is 1. The zero-order valence-electron chi connectivity index (χ0n) is 37.0. The number of carboxylic acids is 1. The van der Waals surface area contributed by atoms with E-state index in [0.29, 0.717) is 19.3 Å². The van der Waals surface area contributed by atoms with Crippen molar-refractivity contribution in [3.8, 4) is 0 Å². The van der Waals surface area contributed by atoms with Gasteiger partial charge >= 0.3 is 17.9 Å². The number of carbonyl (C=O) groups is 3. The first-order chi connectivity index (χ1) is 27.6. The molecule has 0 amide bonds. The second-order valence-corrected chi connectivity index (χ2v) is 15.9. The molecule has 0 aromatic carbocycles. The van der Waals surface area contributed by atoms with E-state index in [1.807, 2.05) is 21.1 Å². The Kier molecular flexibility index (Phi) is 37.3. The highest BCUT2D eigenvalue weighted by molar-refractivity contribution is 5.72. The number of likely N-dealkylation sites (N-methyl/N-ethyl adjacent to an activating group) is 1. The largest absolute Gasteiger partial charge is 0.477 e. The molecule has 2 unspecified atom stereocenters. The maximum Gasteiger partial charge on any atom is 0.362 e. The molecule has 0 bridgehead atoms. The summed E-state index contributed by atoms with van der Waals surface area (Å²) in [6.45, 7) is 4.54. The number of ether oxygens (including phenoxy) is 3. The third-order valence-electron chi connectivity index (χ3n) is 9.59. The average molecular weight is 799 g/mol. The molecule has 0 saturated carbocycles. The van der Waals surface area contributed by atoms with Gasteiger partial charge in [-0.3, -0.25) is 9.59 Å². The Hall–Kier alpha value is -3.23. The Labute approximate surface area is 349 Å². The van der Waals surface area contributed by atoms with Gasteiger partial charge < -0.3 is 23.8 Å². The molecule has 0 heterocycles. The van der Waals surface area contributed by atoms with Crippen molar-refractivity contribution in [3.63, 3.8) is 0 Å². The number of hydrogen-bond donors (Lipinski definition) is 1. The predicted molar refractivity (Wildman–Crippen MR) is 238 cm³/mol. The normalized spacial score (nSPS) is 13.6. The smallest absolute Gasteiger partial charge is 0.362 e. The molecule has 8 nitrogen and oxygen atoms in total. The van der Waals surface area contributed by atoms with E-state index in [2.05, 4.69) is 86.8 Å². The van der Waals surface area contributed by atoms with Crippen molar-refractivity contribution < 1.29 is 38.2 Å². The fourth-order valence-corrected chi connectivity index (χ4v) is 6.12. The van der Waals surface area contributed by atoms with Gasteiger partial charge in [-0.1, -0.05) is 145 Å². The number of esters is 2. The first kappa shape index (κ1) is 53.8. The molecule has 0 aliphatic carbocycles. The van der Waals surface area contributed by atoms with Crippen LogP contribution in [0.15, 0.2) is 72.9 Å². The van der Waals surface area contributed by atoms with E-state index in [-0.39, 0.29) is 42.7 Å². The van der Waals surface area contributed by atoms with Gasteiger partial charge in [0, 0.05) is 19.3 Å². The Balaban J connectivity index is 4.45. The lowest BCUT2D eigenvalue weighted by Gasteiger charge is -2.31. The molecule has 8 heteroatoms. The second-order valence-electron chi connectivity index (χ2n) is 15.9. The van der Waals surface area contributed by atoms with E-state index in [4.69, 9.17) is 14.2 Å². The summed E-state index contributed by atoms with van der Waals surface area (Å²) in [7, 11) is 5.50. The van der Waals surface area contributed by atoms with E-state index in [9.17, 15) is 19.5 Å². The van der Waals surface area contributed by atoms with E-state index in [1.54, 1.807) is 0 Å². The van der Waals surface area contributed by atoms with Crippen LogP contribution in [-0.4, -0.2) is 80.6 Å². The van der Waals surface area contributed by atoms with Crippen molar-refractivity contribution in [3.05, 3.63) is 72.9 Å². The van der Waals surface area contributed by atoms with Gasteiger partial charge in [-0.25, -0.2) is 4.79 Å². The SMILES string of the molecule is CC/C=C/C/C=C/C/C=C/C/C=C/C/C=C/CCCC(=O)OCC(COCCC(C(=O)O)[N+](C)(C)C)OC(=O)CCCCCCC/C=C/CCCCCCCCC. The monoisotopic (exact) mass is 799 g/mol. The number of carbonyl (C=O) groups excluding carboxylic acids is 2. The maximum atomic E-state index is 12.7. The van der Waals surface area contributed by atoms with Crippen LogP contribution in [0.2, 0.25) is 0 Å². The van der Waals surface area contributed by atoms with Crippen molar-refractivity contribution in [2.75, 3.05) is 41.0 Å². The zero-order valence-corrected chi connectivity index (χ0v) is 37.0. The molecule has 0 saturated heterocycles. The number of rotatable bonds is 39. The van der Waals surface area contributed by atoms with Crippen LogP contribution in [0.3, 0.4) is 0 Å². The molecular weight excluding hydrogens is 715 g/mol. The summed E-state index contributed by atoms with van der Waals surface area (Å²) in [6.07, 6.45) is 49.5. The topological polar surface area (TPSA) is 99.1 Å². The van der Waals surface area contributed by atoms with Crippen molar-refractivity contribution in [1.29, 1.82) is 0 Å². The van der Waals surface area contributed by atoms with E-state index >= 15 is 0 Å². The van der Waals surface area contributed by atoms with Gasteiger partial charge in [0.15, 0.2) is 12.1 Å². The minimum absolute atomic E-state index is 0.0367. The number of hydrogen-bond acceptors (Lipinski definition) is 6. The molecule has 0 aliphatic rings. The Morgan fingerprint density at radius 2 is 1.00 bits per heavy atom. The Morgan fingerprint density at radius 1 is 0.544 bits per heavy atom. The third-order valence-corrected chi connectivity index (χ3v) is 9.59. The maximum absolute atomic E-state index is 12.7. The molecule has 0 aliphatic heterocycles. The molecule has 0 spiro atoms. The highest BCUT2D eigenvalue weighted by Gasteiger charge is 2.31. The zero-order chi connectivity index (χ0) is 42.1. The van der Waals surface area contributed by atoms with Crippen LogP contribution in [0, 0.1) is 0 Å². The van der Waals surface area contributed by atoms with Crippen LogP contribution in [-0.2, 0) is 28.6 Å². The summed E-state index contributed by atoms with van der Waals surface area (Å²) in [5.74, 6) is -1.56. The molecule has 0 fully saturated rings. The standard InChI is InChI=1S/C49H83NO7/c1-6-8-10-12-14-16-18-20-22-24-26-27-29-31-33-35-37-39-47(51)56-44-45(43-55-42-41-46(49(53)54)50(3,4)5)57-48(52)40-38-36-34-32-30-28-25-23-21-19-17-15-13-11-9-7-2/h8,10,14,16,20,22-23,25-27,31,33,45-46H,6-7,9,11-13,15,17-19,21,24,28-30,32,34-44H2,1-5H3/p+1/b10-8+,16-14+,22-20+,25-23+,27-26+,33-31+. The number of quaternary nitrogens is 1. The van der Waals surface area contributed by atoms with Crippen molar-refractivity contribution in [2.45, 2.75) is 180 Å². The van der Waals surface area contributed by atoms with Gasteiger partial charge in [0.2, 0.25) is 0 Å². The summed E-state index contributed by atoms with van der Waals surface area (Å²) in [5, 5.41) is 9.62.